The minimum Gasteiger partial charge on any atom is -0.329 e. The van der Waals surface area contributed by atoms with Crippen LogP contribution in [-0.2, 0) is 4.52 Å². The van der Waals surface area contributed by atoms with Crippen molar-refractivity contribution in [1.29, 1.82) is 0 Å². The molecule has 0 fully saturated rings. The fraction of sp³-hybridized carbons (Fsp3) is 0.667. The van der Waals surface area contributed by atoms with Crippen molar-refractivity contribution in [2.45, 2.75) is 6.92 Å². The molecule has 1 rings (SSSR count). The highest BCUT2D eigenvalue weighted by Gasteiger charge is 2.14. The zero-order valence-electron chi connectivity index (χ0n) is 7.72. The predicted molar refractivity (Wildman–Crippen MR) is 47.8 cm³/mol. The van der Waals surface area contributed by atoms with Gasteiger partial charge >= 0.3 is 0 Å². The molecule has 5 nitrogen and oxygen atoms in total. The average Bonchev–Trinajstić information content (AvgIpc) is 2.37. The second kappa shape index (κ2) is 3.94. The van der Waals surface area contributed by atoms with Crippen LogP contribution in [0.25, 0.3) is 0 Å². The van der Waals surface area contributed by atoms with Gasteiger partial charge in [-0.05, 0) is 21.0 Å². The summed E-state index contributed by atoms with van der Waals surface area (Å²) < 4.78 is 8.98. The third kappa shape index (κ3) is 2.00. The maximum Gasteiger partial charge on any atom is 0.240 e. The molecule has 0 N–H and O–H groups in total. The van der Waals surface area contributed by atoms with Crippen molar-refractivity contribution in [1.82, 2.24) is 19.2 Å². The molecule has 1 aromatic heterocycles. The summed E-state index contributed by atoms with van der Waals surface area (Å²) in [7, 11) is 4.76. The highest BCUT2D eigenvalue weighted by Crippen LogP contribution is 2.37. The molecule has 0 spiro atoms. The lowest BCUT2D eigenvalue weighted by Crippen LogP contribution is -2.11. The van der Waals surface area contributed by atoms with Crippen LogP contribution in [0.5, 0.6) is 0 Å². The maximum absolute atomic E-state index is 5.26. The summed E-state index contributed by atoms with van der Waals surface area (Å²) in [5.74, 6) is 0.765. The molecule has 12 heavy (non-hydrogen) atoms. The van der Waals surface area contributed by atoms with E-state index in [0.29, 0.717) is 0 Å². The number of hydrogen-bond donors (Lipinski definition) is 0. The average molecular weight is 188 g/mol. The van der Waals surface area contributed by atoms with Gasteiger partial charge in [-0.25, -0.2) is 9.65 Å². The summed E-state index contributed by atoms with van der Waals surface area (Å²) in [5.41, 5.74) is 0. The van der Waals surface area contributed by atoms with Crippen LogP contribution in [0.1, 0.15) is 5.82 Å². The first-order chi connectivity index (χ1) is 5.65. The summed E-state index contributed by atoms with van der Waals surface area (Å²) in [4.78, 5) is 4.03. The van der Waals surface area contributed by atoms with Crippen molar-refractivity contribution in [2.75, 3.05) is 21.2 Å². The molecule has 0 amide bonds. The fourth-order valence-electron chi connectivity index (χ4n) is 0.848. The van der Waals surface area contributed by atoms with Crippen LogP contribution in [0.15, 0.2) is 6.33 Å². The van der Waals surface area contributed by atoms with Crippen LogP contribution in [0.2, 0.25) is 0 Å². The molecule has 0 aliphatic carbocycles. The smallest absolute Gasteiger partial charge is 0.240 e. The van der Waals surface area contributed by atoms with E-state index < -0.39 is 8.45 Å². The van der Waals surface area contributed by atoms with E-state index in [0.717, 1.165) is 5.82 Å². The van der Waals surface area contributed by atoms with Gasteiger partial charge in [0.2, 0.25) is 8.45 Å². The van der Waals surface area contributed by atoms with E-state index in [-0.39, 0.29) is 0 Å². The molecular formula is C6H13N4OP. The van der Waals surface area contributed by atoms with Crippen molar-refractivity contribution in [2.24, 2.45) is 0 Å². The molecular weight excluding hydrogens is 175 g/mol. The minimum absolute atomic E-state index is 0.765. The van der Waals surface area contributed by atoms with E-state index in [1.54, 1.807) is 17.9 Å². The molecule has 1 aromatic rings. The Morgan fingerprint density at radius 1 is 1.58 bits per heavy atom. The van der Waals surface area contributed by atoms with Crippen molar-refractivity contribution >= 4 is 8.45 Å². The molecule has 0 aliphatic rings. The Labute approximate surface area is 73.3 Å². The second-order valence-corrected chi connectivity index (χ2v) is 4.58. The van der Waals surface area contributed by atoms with Gasteiger partial charge in [0.25, 0.3) is 0 Å². The third-order valence-electron chi connectivity index (χ3n) is 1.28. The summed E-state index contributed by atoms with van der Waals surface area (Å²) in [6.07, 6.45) is 1.69. The zero-order valence-corrected chi connectivity index (χ0v) is 8.62. The molecule has 0 saturated heterocycles. The van der Waals surface area contributed by atoms with Crippen LogP contribution in [-0.4, -0.2) is 40.4 Å². The fourth-order valence-corrected chi connectivity index (χ4v) is 2.05. The summed E-state index contributed by atoms with van der Waals surface area (Å²) in [6, 6.07) is 0. The minimum atomic E-state index is -0.815. The van der Waals surface area contributed by atoms with E-state index in [1.807, 2.05) is 25.7 Å². The van der Waals surface area contributed by atoms with Crippen LogP contribution >= 0.6 is 8.45 Å². The number of hydrogen-bond acceptors (Lipinski definition) is 4. The summed E-state index contributed by atoms with van der Waals surface area (Å²) in [5, 5.41) is 4.17. The molecule has 1 unspecified atom stereocenters. The van der Waals surface area contributed by atoms with Crippen molar-refractivity contribution in [3.05, 3.63) is 12.2 Å². The first-order valence-corrected chi connectivity index (χ1v) is 4.71. The molecule has 1 atom stereocenters. The van der Waals surface area contributed by atoms with E-state index >= 15 is 0 Å². The van der Waals surface area contributed by atoms with Crippen molar-refractivity contribution in [3.8, 4) is 0 Å². The van der Waals surface area contributed by atoms with Gasteiger partial charge in [0.1, 0.15) is 12.2 Å². The van der Waals surface area contributed by atoms with Crippen LogP contribution < -0.4 is 0 Å². The largest absolute Gasteiger partial charge is 0.329 e. The second-order valence-electron chi connectivity index (χ2n) is 2.49. The first kappa shape index (κ1) is 9.58. The van der Waals surface area contributed by atoms with E-state index in [4.69, 9.17) is 4.52 Å². The van der Waals surface area contributed by atoms with Gasteiger partial charge in [-0.3, -0.25) is 0 Å². The van der Waals surface area contributed by atoms with Gasteiger partial charge < -0.3 is 4.52 Å². The predicted octanol–water partition coefficient (Wildman–Crippen LogP) is 0.870. The SMILES string of the molecule is COP(N(C)C)n1cnc(C)n1. The molecule has 68 valence electrons. The van der Waals surface area contributed by atoms with Crippen LogP contribution in [0.3, 0.4) is 0 Å². The lowest BCUT2D eigenvalue weighted by molar-refractivity contribution is 0.405. The Morgan fingerprint density at radius 3 is 2.58 bits per heavy atom. The quantitative estimate of drug-likeness (QED) is 0.660. The van der Waals surface area contributed by atoms with E-state index in [9.17, 15) is 0 Å². The molecule has 0 aromatic carbocycles. The molecule has 0 aliphatic heterocycles. The van der Waals surface area contributed by atoms with Gasteiger partial charge in [-0.15, -0.1) is 5.10 Å². The van der Waals surface area contributed by atoms with Crippen LogP contribution in [0, 0.1) is 6.92 Å². The topological polar surface area (TPSA) is 43.2 Å². The first-order valence-electron chi connectivity index (χ1n) is 3.55. The Morgan fingerprint density at radius 2 is 2.25 bits per heavy atom. The Balaban J connectivity index is 2.80. The number of aromatic nitrogens is 3. The number of aryl methyl sites for hydroxylation is 1. The summed E-state index contributed by atoms with van der Waals surface area (Å²) >= 11 is 0. The molecule has 6 heteroatoms. The molecule has 1 heterocycles. The Hall–Kier alpha value is -0.510. The van der Waals surface area contributed by atoms with Crippen LogP contribution in [0.4, 0.5) is 0 Å². The van der Waals surface area contributed by atoms with Gasteiger partial charge in [0, 0.05) is 7.11 Å². The van der Waals surface area contributed by atoms with E-state index in [1.165, 1.54) is 0 Å². The highest BCUT2D eigenvalue weighted by molar-refractivity contribution is 7.48. The van der Waals surface area contributed by atoms with Gasteiger partial charge in [-0.1, -0.05) is 0 Å². The maximum atomic E-state index is 5.26. The standard InChI is InChI=1S/C6H13N4OP/c1-6-7-5-10(8-6)12(11-4)9(2)3/h5H,1-4H3. The highest BCUT2D eigenvalue weighted by atomic mass is 31.2. The van der Waals surface area contributed by atoms with Crippen molar-refractivity contribution < 1.29 is 4.52 Å². The van der Waals surface area contributed by atoms with E-state index in [2.05, 4.69) is 10.1 Å². The Kier molecular flexibility index (Phi) is 3.14. The van der Waals surface area contributed by atoms with Gasteiger partial charge in [-0.2, -0.15) is 4.45 Å². The van der Waals surface area contributed by atoms with Crippen molar-refractivity contribution in [3.63, 3.8) is 0 Å². The van der Waals surface area contributed by atoms with Gasteiger partial charge in [0.05, 0.1) is 0 Å². The lowest BCUT2D eigenvalue weighted by atomic mass is 10.8. The molecule has 0 saturated carbocycles. The molecule has 0 radical (unpaired) electrons. The Bertz CT molecular complexity index is 249. The number of nitrogens with zero attached hydrogens (tertiary/aromatic N) is 4. The van der Waals surface area contributed by atoms with Gasteiger partial charge in [0.15, 0.2) is 0 Å². The summed E-state index contributed by atoms with van der Waals surface area (Å²) in [6.45, 7) is 1.86. The third-order valence-corrected chi connectivity index (χ3v) is 2.83. The zero-order chi connectivity index (χ0) is 9.14. The number of rotatable bonds is 3. The monoisotopic (exact) mass is 188 g/mol. The lowest BCUT2D eigenvalue weighted by Gasteiger charge is -2.19. The molecule has 0 bridgehead atoms. The normalized spacial score (nSPS) is 13.8.